The van der Waals surface area contributed by atoms with Gasteiger partial charge >= 0.3 is 0 Å². The maximum atomic E-state index is 6.67. The molecule has 10 aromatic rings. The molecule has 0 unspecified atom stereocenters. The molecular weight excluding hydrogens is 655 g/mol. The van der Waals surface area contributed by atoms with Gasteiger partial charge in [0, 0.05) is 22.1 Å². The summed E-state index contributed by atoms with van der Waals surface area (Å²) in [6.45, 7) is 0. The lowest BCUT2D eigenvalue weighted by molar-refractivity contribution is 0.672. The standard InChI is InChI=1S/C52H35NO/c1-4-14-36(15-5-1)41-21-12-22-46(35-41)53(49-24-13-25-50-51(49)48-31-28-40-20-10-11-23-47(40)52(48)54-50)45-29-26-39(27-30-45)44-33-42(37-16-6-2-7-17-37)32-43(34-44)38-18-8-3-9-19-38/h1-35H. The molecule has 0 N–H and O–H groups in total. The van der Waals surface area contributed by atoms with Crippen LogP contribution >= 0.6 is 0 Å². The van der Waals surface area contributed by atoms with Crippen molar-refractivity contribution in [2.75, 3.05) is 4.90 Å². The number of nitrogens with zero attached hydrogens (tertiary/aromatic N) is 1. The van der Waals surface area contributed by atoms with Crippen LogP contribution in [0.2, 0.25) is 0 Å². The van der Waals surface area contributed by atoms with Crippen molar-refractivity contribution in [3.05, 3.63) is 212 Å². The van der Waals surface area contributed by atoms with Crippen LogP contribution in [-0.2, 0) is 0 Å². The van der Waals surface area contributed by atoms with Gasteiger partial charge in [-0.2, -0.15) is 0 Å². The van der Waals surface area contributed by atoms with Gasteiger partial charge in [0.15, 0.2) is 0 Å². The fourth-order valence-corrected chi connectivity index (χ4v) is 7.80. The number of rotatable bonds is 7. The molecule has 0 atom stereocenters. The average Bonchev–Trinajstić information content (AvgIpc) is 3.65. The quantitative estimate of drug-likeness (QED) is 0.166. The van der Waals surface area contributed by atoms with Gasteiger partial charge in [-0.25, -0.2) is 0 Å². The van der Waals surface area contributed by atoms with Gasteiger partial charge in [0.1, 0.15) is 11.2 Å². The smallest absolute Gasteiger partial charge is 0.143 e. The molecule has 10 rings (SSSR count). The molecule has 54 heavy (non-hydrogen) atoms. The molecule has 2 heteroatoms. The molecule has 1 aromatic heterocycles. The normalized spacial score (nSPS) is 11.3. The van der Waals surface area contributed by atoms with E-state index < -0.39 is 0 Å². The molecule has 0 aliphatic rings. The molecule has 0 aliphatic carbocycles. The molecule has 254 valence electrons. The maximum Gasteiger partial charge on any atom is 0.143 e. The van der Waals surface area contributed by atoms with Crippen molar-refractivity contribution in [1.82, 2.24) is 0 Å². The first-order valence-corrected chi connectivity index (χ1v) is 18.4. The summed E-state index contributed by atoms with van der Waals surface area (Å²) in [7, 11) is 0. The molecule has 0 radical (unpaired) electrons. The summed E-state index contributed by atoms with van der Waals surface area (Å²) in [6.07, 6.45) is 0. The summed E-state index contributed by atoms with van der Waals surface area (Å²) >= 11 is 0. The minimum Gasteiger partial charge on any atom is -0.455 e. The highest BCUT2D eigenvalue weighted by atomic mass is 16.3. The van der Waals surface area contributed by atoms with Crippen LogP contribution in [0.3, 0.4) is 0 Å². The molecule has 2 nitrogen and oxygen atoms in total. The molecule has 0 saturated heterocycles. The Labute approximate surface area is 314 Å². The van der Waals surface area contributed by atoms with Gasteiger partial charge in [-0.3, -0.25) is 0 Å². The highest BCUT2D eigenvalue weighted by molar-refractivity contribution is 6.19. The van der Waals surface area contributed by atoms with Crippen molar-refractivity contribution in [2.45, 2.75) is 0 Å². The van der Waals surface area contributed by atoms with Crippen LogP contribution < -0.4 is 4.90 Å². The zero-order valence-electron chi connectivity index (χ0n) is 29.6. The van der Waals surface area contributed by atoms with Gasteiger partial charge < -0.3 is 9.32 Å². The third-order valence-corrected chi connectivity index (χ3v) is 10.4. The minimum absolute atomic E-state index is 0.867. The van der Waals surface area contributed by atoms with Gasteiger partial charge in [-0.15, -0.1) is 0 Å². The lowest BCUT2D eigenvalue weighted by Gasteiger charge is -2.27. The third-order valence-electron chi connectivity index (χ3n) is 10.4. The van der Waals surface area contributed by atoms with Crippen LogP contribution in [-0.4, -0.2) is 0 Å². The number of hydrogen-bond acceptors (Lipinski definition) is 2. The van der Waals surface area contributed by atoms with Crippen LogP contribution in [0.5, 0.6) is 0 Å². The van der Waals surface area contributed by atoms with E-state index in [2.05, 4.69) is 217 Å². The molecule has 0 saturated carbocycles. The molecular formula is C52H35NO. The topological polar surface area (TPSA) is 16.4 Å². The Morgan fingerprint density at radius 3 is 1.50 bits per heavy atom. The second kappa shape index (κ2) is 13.4. The van der Waals surface area contributed by atoms with Crippen LogP contribution in [0.4, 0.5) is 17.1 Å². The largest absolute Gasteiger partial charge is 0.455 e. The first kappa shape index (κ1) is 31.6. The second-order valence-electron chi connectivity index (χ2n) is 13.7. The summed E-state index contributed by atoms with van der Waals surface area (Å²) in [6, 6.07) is 75.9. The Balaban J connectivity index is 1.15. The van der Waals surface area contributed by atoms with Crippen LogP contribution in [0.25, 0.3) is 77.2 Å². The average molecular weight is 690 g/mol. The summed E-state index contributed by atoms with van der Waals surface area (Å²) in [5, 5.41) is 4.48. The van der Waals surface area contributed by atoms with E-state index in [9.17, 15) is 0 Å². The number of anilines is 3. The zero-order valence-corrected chi connectivity index (χ0v) is 29.6. The van der Waals surface area contributed by atoms with E-state index in [1.54, 1.807) is 0 Å². The number of furan rings is 1. The van der Waals surface area contributed by atoms with Crippen molar-refractivity contribution >= 4 is 49.8 Å². The predicted octanol–water partition coefficient (Wildman–Crippen LogP) is 14.9. The van der Waals surface area contributed by atoms with E-state index in [4.69, 9.17) is 4.42 Å². The third kappa shape index (κ3) is 5.71. The number of benzene rings is 9. The van der Waals surface area contributed by atoms with Crippen molar-refractivity contribution in [1.29, 1.82) is 0 Å². The van der Waals surface area contributed by atoms with Gasteiger partial charge in [-0.1, -0.05) is 152 Å². The van der Waals surface area contributed by atoms with Gasteiger partial charge in [0.05, 0.1) is 11.1 Å². The van der Waals surface area contributed by atoms with E-state index in [0.29, 0.717) is 0 Å². The SMILES string of the molecule is c1ccc(-c2cc(-c3ccccc3)cc(-c3ccc(N(c4cccc(-c5ccccc5)c4)c4cccc5oc6c7ccccc7ccc6c45)cc3)c2)cc1. The Bertz CT molecular complexity index is 2850. The first-order chi connectivity index (χ1) is 26.8. The fraction of sp³-hybridized carbons (Fsp3) is 0. The first-order valence-electron chi connectivity index (χ1n) is 18.4. The Morgan fingerprint density at radius 2 is 0.852 bits per heavy atom. The van der Waals surface area contributed by atoms with E-state index in [1.165, 1.54) is 38.8 Å². The predicted molar refractivity (Wildman–Crippen MR) is 228 cm³/mol. The van der Waals surface area contributed by atoms with Crippen LogP contribution in [0, 0.1) is 0 Å². The summed E-state index contributed by atoms with van der Waals surface area (Å²) in [4.78, 5) is 2.37. The van der Waals surface area contributed by atoms with E-state index in [1.807, 2.05) is 0 Å². The monoisotopic (exact) mass is 689 g/mol. The summed E-state index contributed by atoms with van der Waals surface area (Å²) in [5.41, 5.74) is 14.5. The Morgan fingerprint density at radius 1 is 0.315 bits per heavy atom. The molecule has 9 aromatic carbocycles. The molecule has 0 fully saturated rings. The Kier molecular flexibility index (Phi) is 7.85. The highest BCUT2D eigenvalue weighted by Crippen LogP contribution is 2.45. The van der Waals surface area contributed by atoms with E-state index >= 15 is 0 Å². The maximum absolute atomic E-state index is 6.67. The molecule has 1 heterocycles. The van der Waals surface area contributed by atoms with Crippen molar-refractivity contribution in [2.24, 2.45) is 0 Å². The Hall–Kier alpha value is -7.16. The van der Waals surface area contributed by atoms with Gasteiger partial charge in [0.2, 0.25) is 0 Å². The summed E-state index contributed by atoms with van der Waals surface area (Å²) in [5.74, 6) is 0. The van der Waals surface area contributed by atoms with Gasteiger partial charge in [-0.05, 0) is 111 Å². The van der Waals surface area contributed by atoms with Crippen LogP contribution in [0.1, 0.15) is 0 Å². The van der Waals surface area contributed by atoms with Crippen molar-refractivity contribution < 1.29 is 4.42 Å². The lowest BCUT2D eigenvalue weighted by atomic mass is 9.93. The van der Waals surface area contributed by atoms with Crippen molar-refractivity contribution in [3.8, 4) is 44.5 Å². The lowest BCUT2D eigenvalue weighted by Crippen LogP contribution is -2.10. The van der Waals surface area contributed by atoms with Gasteiger partial charge in [0.25, 0.3) is 0 Å². The molecule has 0 bridgehead atoms. The van der Waals surface area contributed by atoms with E-state index in [-0.39, 0.29) is 0 Å². The molecule has 0 amide bonds. The van der Waals surface area contributed by atoms with Crippen LogP contribution in [0.15, 0.2) is 217 Å². The molecule has 0 aliphatic heterocycles. The zero-order chi connectivity index (χ0) is 35.8. The molecule has 0 spiro atoms. The van der Waals surface area contributed by atoms with E-state index in [0.717, 1.165) is 55.5 Å². The second-order valence-corrected chi connectivity index (χ2v) is 13.7. The number of fused-ring (bicyclic) bond motifs is 5. The minimum atomic E-state index is 0.867. The van der Waals surface area contributed by atoms with Crippen molar-refractivity contribution in [3.63, 3.8) is 0 Å². The number of hydrogen-bond donors (Lipinski definition) is 0. The fourth-order valence-electron chi connectivity index (χ4n) is 7.80. The summed E-state index contributed by atoms with van der Waals surface area (Å²) < 4.78 is 6.67. The highest BCUT2D eigenvalue weighted by Gasteiger charge is 2.21.